The number of carbonyl (C=O) groups excluding carboxylic acids is 1. The van der Waals surface area contributed by atoms with Crippen molar-refractivity contribution in [3.63, 3.8) is 0 Å². The summed E-state index contributed by atoms with van der Waals surface area (Å²) in [6.45, 7) is 0.132. The first-order valence-corrected chi connectivity index (χ1v) is 9.91. The minimum atomic E-state index is -4.61. The topological polar surface area (TPSA) is 59.3 Å². The van der Waals surface area contributed by atoms with Gasteiger partial charge in [-0.3, -0.25) is 9.20 Å². The molecule has 0 bridgehead atoms. The van der Waals surface area contributed by atoms with Crippen LogP contribution >= 0.6 is 35.0 Å². The second-order valence-electron chi connectivity index (χ2n) is 5.73. The van der Waals surface area contributed by atoms with Crippen LogP contribution in [0.5, 0.6) is 0 Å². The zero-order valence-corrected chi connectivity index (χ0v) is 16.7. The number of hydrogen-bond acceptors (Lipinski definition) is 4. The van der Waals surface area contributed by atoms with E-state index in [1.165, 1.54) is 22.4 Å². The number of amides is 1. The van der Waals surface area contributed by atoms with E-state index in [2.05, 4.69) is 15.5 Å². The average molecular weight is 449 g/mol. The second-order valence-corrected chi connectivity index (χ2v) is 7.45. The lowest BCUT2D eigenvalue weighted by Crippen LogP contribution is -2.26. The maximum atomic E-state index is 13.1. The Bertz CT molecular complexity index is 1040. The van der Waals surface area contributed by atoms with Crippen LogP contribution in [-0.2, 0) is 12.6 Å². The van der Waals surface area contributed by atoms with E-state index in [0.717, 1.165) is 11.0 Å². The number of hydrogen-bond donors (Lipinski definition) is 1. The predicted molar refractivity (Wildman–Crippen MR) is 102 cm³/mol. The van der Waals surface area contributed by atoms with E-state index >= 15 is 0 Å². The van der Waals surface area contributed by atoms with Crippen LogP contribution in [0.2, 0.25) is 10.0 Å². The number of halogens is 5. The minimum absolute atomic E-state index is 0.0921. The summed E-state index contributed by atoms with van der Waals surface area (Å²) in [5.74, 6) is -0.143. The first-order valence-electron chi connectivity index (χ1n) is 7.93. The molecule has 11 heteroatoms. The first-order chi connectivity index (χ1) is 13.2. The molecule has 0 unspecified atom stereocenters. The number of aromatic nitrogens is 3. The smallest absolute Gasteiger partial charge is 0.352 e. The Balaban J connectivity index is 1.76. The van der Waals surface area contributed by atoms with Crippen molar-refractivity contribution in [3.8, 4) is 0 Å². The van der Waals surface area contributed by atoms with E-state index in [9.17, 15) is 18.0 Å². The van der Waals surface area contributed by atoms with Crippen LogP contribution in [-0.4, -0.2) is 33.3 Å². The fourth-order valence-electron chi connectivity index (χ4n) is 2.57. The van der Waals surface area contributed by atoms with Crippen LogP contribution in [0.25, 0.3) is 5.65 Å². The van der Waals surface area contributed by atoms with Crippen molar-refractivity contribution in [1.29, 1.82) is 0 Å². The van der Waals surface area contributed by atoms with Gasteiger partial charge in [0.05, 0.1) is 15.6 Å². The Kier molecular flexibility index (Phi) is 6.07. The van der Waals surface area contributed by atoms with Gasteiger partial charge in [0.1, 0.15) is 11.4 Å². The van der Waals surface area contributed by atoms with Crippen molar-refractivity contribution in [2.24, 2.45) is 0 Å². The number of thioether (sulfide) groups is 1. The molecule has 3 rings (SSSR count). The van der Waals surface area contributed by atoms with Crippen LogP contribution in [0, 0.1) is 0 Å². The van der Waals surface area contributed by atoms with E-state index < -0.39 is 11.7 Å². The molecule has 5 nitrogen and oxygen atoms in total. The molecule has 1 amide bonds. The van der Waals surface area contributed by atoms with Crippen molar-refractivity contribution >= 4 is 46.5 Å². The van der Waals surface area contributed by atoms with Gasteiger partial charge in [-0.1, -0.05) is 23.2 Å². The number of fused-ring (bicyclic) bond motifs is 1. The molecule has 0 aliphatic rings. The van der Waals surface area contributed by atoms with Crippen molar-refractivity contribution in [2.45, 2.75) is 17.5 Å². The summed E-state index contributed by atoms with van der Waals surface area (Å²) < 4.78 is 40.6. The van der Waals surface area contributed by atoms with Gasteiger partial charge in [-0.2, -0.15) is 13.2 Å². The molecule has 2 aromatic heterocycles. The molecule has 0 saturated carbocycles. The van der Waals surface area contributed by atoms with Gasteiger partial charge in [-0.15, -0.1) is 22.0 Å². The quantitative estimate of drug-likeness (QED) is 0.572. The van der Waals surface area contributed by atoms with E-state index in [1.807, 2.05) is 6.26 Å². The Morgan fingerprint density at radius 1 is 1.25 bits per heavy atom. The molecule has 3 aromatic rings. The lowest BCUT2D eigenvalue weighted by molar-refractivity contribution is -0.136. The average Bonchev–Trinajstić information content (AvgIpc) is 3.03. The standard InChI is InChI=1S/C17H13Cl2F3N4OS/c1-28-10-2-3-13(19)11(7-10)16(27)23-5-4-14-24-25-15-12(17(20,21)22)6-9(18)8-26(14)15/h2-3,6-8H,4-5H2,1H3,(H,23,27). The zero-order chi connectivity index (χ0) is 20.5. The van der Waals surface area contributed by atoms with Crippen LogP contribution in [0.1, 0.15) is 21.7 Å². The Labute approximate surface area is 172 Å². The molecule has 0 aliphatic carbocycles. The molecule has 0 saturated heterocycles. The highest BCUT2D eigenvalue weighted by atomic mass is 35.5. The van der Waals surface area contributed by atoms with Gasteiger partial charge in [-0.25, -0.2) is 0 Å². The van der Waals surface area contributed by atoms with Crippen LogP contribution in [0.3, 0.4) is 0 Å². The van der Waals surface area contributed by atoms with Gasteiger partial charge < -0.3 is 5.32 Å². The fraction of sp³-hybridized carbons (Fsp3) is 0.235. The van der Waals surface area contributed by atoms with Crippen molar-refractivity contribution in [1.82, 2.24) is 19.9 Å². The zero-order valence-electron chi connectivity index (χ0n) is 14.3. The largest absolute Gasteiger partial charge is 0.420 e. The SMILES string of the molecule is CSc1ccc(Cl)c(C(=O)NCCc2nnc3c(C(F)(F)F)cc(Cl)cn23)c1. The molecule has 2 heterocycles. The molecule has 0 fully saturated rings. The van der Waals surface area contributed by atoms with E-state index in [4.69, 9.17) is 23.2 Å². The lowest BCUT2D eigenvalue weighted by Gasteiger charge is -2.10. The maximum Gasteiger partial charge on any atom is 0.420 e. The first kappa shape index (κ1) is 20.8. The summed E-state index contributed by atoms with van der Waals surface area (Å²) in [5, 5.41) is 10.3. The normalized spacial score (nSPS) is 11.8. The van der Waals surface area contributed by atoms with Crippen molar-refractivity contribution < 1.29 is 18.0 Å². The summed E-state index contributed by atoms with van der Waals surface area (Å²) >= 11 is 13.3. The highest BCUT2D eigenvalue weighted by molar-refractivity contribution is 7.98. The van der Waals surface area contributed by atoms with Crippen LogP contribution < -0.4 is 5.32 Å². The van der Waals surface area contributed by atoms with E-state index in [1.54, 1.807) is 18.2 Å². The predicted octanol–water partition coefficient (Wildman–Crippen LogP) is 4.75. The Morgan fingerprint density at radius 3 is 2.68 bits per heavy atom. The molecule has 28 heavy (non-hydrogen) atoms. The van der Waals surface area contributed by atoms with Gasteiger partial charge >= 0.3 is 6.18 Å². The number of rotatable bonds is 5. The molecule has 0 atom stereocenters. The minimum Gasteiger partial charge on any atom is -0.352 e. The third-order valence-corrected chi connectivity index (χ3v) is 5.16. The highest BCUT2D eigenvalue weighted by Gasteiger charge is 2.35. The van der Waals surface area contributed by atoms with Gasteiger partial charge in [0, 0.05) is 24.1 Å². The van der Waals surface area contributed by atoms with E-state index in [0.29, 0.717) is 10.6 Å². The van der Waals surface area contributed by atoms with Crippen molar-refractivity contribution in [3.05, 3.63) is 57.5 Å². The summed E-state index contributed by atoms with van der Waals surface area (Å²) in [6.07, 6.45) is -1.27. The molecule has 1 aromatic carbocycles. The number of pyridine rings is 1. The van der Waals surface area contributed by atoms with Gasteiger partial charge in [0.2, 0.25) is 0 Å². The number of nitrogens with one attached hydrogen (secondary N) is 1. The number of nitrogens with zero attached hydrogens (tertiary/aromatic N) is 3. The number of alkyl halides is 3. The molecule has 0 spiro atoms. The molecule has 1 N–H and O–H groups in total. The Hall–Kier alpha value is -1.97. The summed E-state index contributed by atoms with van der Waals surface area (Å²) in [5.41, 5.74) is -0.987. The fourth-order valence-corrected chi connectivity index (χ4v) is 3.42. The van der Waals surface area contributed by atoms with Crippen LogP contribution in [0.15, 0.2) is 35.4 Å². The second kappa shape index (κ2) is 8.18. The summed E-state index contributed by atoms with van der Waals surface area (Å²) in [7, 11) is 0. The van der Waals surface area contributed by atoms with E-state index in [-0.39, 0.29) is 35.4 Å². The maximum absolute atomic E-state index is 13.1. The Morgan fingerprint density at radius 2 is 2.00 bits per heavy atom. The molecule has 0 radical (unpaired) electrons. The van der Waals surface area contributed by atoms with Crippen LogP contribution in [0.4, 0.5) is 13.2 Å². The number of carbonyl (C=O) groups is 1. The molecule has 148 valence electrons. The third kappa shape index (κ3) is 4.37. The van der Waals surface area contributed by atoms with Gasteiger partial charge in [0.25, 0.3) is 5.91 Å². The van der Waals surface area contributed by atoms with Crippen molar-refractivity contribution in [2.75, 3.05) is 12.8 Å². The monoisotopic (exact) mass is 448 g/mol. The highest BCUT2D eigenvalue weighted by Crippen LogP contribution is 2.33. The number of benzene rings is 1. The molecule has 0 aliphatic heterocycles. The summed E-state index contributed by atoms with van der Waals surface area (Å²) in [6, 6.07) is 5.91. The lowest BCUT2D eigenvalue weighted by atomic mass is 10.2. The molecular weight excluding hydrogens is 436 g/mol. The molecular formula is C17H13Cl2F3N4OS. The summed E-state index contributed by atoms with van der Waals surface area (Å²) in [4.78, 5) is 13.2. The third-order valence-electron chi connectivity index (χ3n) is 3.90. The van der Waals surface area contributed by atoms with Gasteiger partial charge in [0.15, 0.2) is 5.65 Å². The van der Waals surface area contributed by atoms with Gasteiger partial charge in [-0.05, 0) is 30.5 Å².